The predicted molar refractivity (Wildman–Crippen MR) is 234 cm³/mol. The fourth-order valence-corrected chi connectivity index (χ4v) is 11.4. The molecule has 2 aromatic carbocycles. The average molecular weight is 867 g/mol. The van der Waals surface area contributed by atoms with E-state index in [2.05, 4.69) is 80.2 Å². The Bertz CT molecular complexity index is 2390. The van der Waals surface area contributed by atoms with Crippen molar-refractivity contribution in [1.82, 2.24) is 30.3 Å². The predicted octanol–water partition coefficient (Wildman–Crippen LogP) is 7.34. The monoisotopic (exact) mass is 866 g/mol. The third kappa shape index (κ3) is 8.04. The van der Waals surface area contributed by atoms with E-state index in [-0.39, 0.29) is 23.5 Å². The molecule has 2 unspecified atom stereocenters. The van der Waals surface area contributed by atoms with E-state index in [1.807, 2.05) is 12.3 Å². The third-order valence-electron chi connectivity index (χ3n) is 14.8. The minimum absolute atomic E-state index is 0.0262. The number of carbonyl (C=O) groups is 2. The Morgan fingerprint density at radius 2 is 1.81 bits per heavy atom. The van der Waals surface area contributed by atoms with E-state index in [4.69, 9.17) is 14.5 Å². The molecule has 12 nitrogen and oxygen atoms in total. The van der Waals surface area contributed by atoms with Crippen molar-refractivity contribution in [3.05, 3.63) is 89.0 Å². The molecular formula is C48H57F3N8O4. The van der Waals surface area contributed by atoms with E-state index in [1.165, 1.54) is 27.9 Å². The average Bonchev–Trinajstić information content (AvgIpc) is 4.01. The van der Waals surface area contributed by atoms with E-state index >= 15 is 0 Å². The van der Waals surface area contributed by atoms with Crippen molar-refractivity contribution in [2.75, 3.05) is 62.3 Å². The molecule has 0 bridgehead atoms. The highest BCUT2D eigenvalue weighted by Gasteiger charge is 2.45. The summed E-state index contributed by atoms with van der Waals surface area (Å²) in [7, 11) is 0. The van der Waals surface area contributed by atoms with Gasteiger partial charge in [0.25, 0.3) is 5.91 Å². The van der Waals surface area contributed by atoms with Gasteiger partial charge in [-0.2, -0.15) is 18.3 Å². The fourth-order valence-electron chi connectivity index (χ4n) is 11.4. The number of H-pyrrole nitrogens is 1. The molecule has 8 heterocycles. The van der Waals surface area contributed by atoms with Crippen LogP contribution < -0.4 is 19.9 Å². The maximum absolute atomic E-state index is 13.4. The van der Waals surface area contributed by atoms with Crippen LogP contribution in [0.5, 0.6) is 5.75 Å². The standard InChI is InChI=1S/C45H52N8O4.C3H5F3/c1-27-17-34-32(5-8-39-36(34)21-47-49-39)35(18-27)38-7-4-30(20-46-38)51-13-11-45(12-14-51)19-29(25-57-45)22-50-15-16-52-31(23-50)26-56-42-37-24-53(41-9-3-28(2)48-43(41)54)44(55)33(37)6-10-40(42)52;1-2-3(4,5)6/h4-8,10,20-21,27,29,31,35,41H,2-3,9,11-19,22-26H2,1H3,(H,47,49)(H,48,54);2H2,1H3/t27-,29?,31-,35+,41?;/m1./s1. The maximum atomic E-state index is 13.4. The number of anilines is 2. The number of alkyl halides is 3. The molecule has 11 rings (SSSR count). The zero-order valence-electron chi connectivity index (χ0n) is 36.2. The zero-order valence-corrected chi connectivity index (χ0v) is 36.2. The Kier molecular flexibility index (Phi) is 10.9. The minimum atomic E-state index is -3.96. The first kappa shape index (κ1) is 41.8. The summed E-state index contributed by atoms with van der Waals surface area (Å²) in [6, 6.07) is 12.8. The molecule has 4 fully saturated rings. The van der Waals surface area contributed by atoms with Crippen molar-refractivity contribution in [2.24, 2.45) is 11.8 Å². The number of aromatic nitrogens is 3. The maximum Gasteiger partial charge on any atom is 0.388 e. The van der Waals surface area contributed by atoms with Gasteiger partial charge in [0.1, 0.15) is 18.4 Å². The van der Waals surface area contributed by atoms with Gasteiger partial charge in [0.15, 0.2) is 0 Å². The minimum Gasteiger partial charge on any atom is -0.489 e. The van der Waals surface area contributed by atoms with E-state index in [0.29, 0.717) is 49.3 Å². The number of benzene rings is 2. The Morgan fingerprint density at radius 1 is 0.984 bits per heavy atom. The first-order valence-electron chi connectivity index (χ1n) is 22.8. The molecule has 0 radical (unpaired) electrons. The molecule has 63 heavy (non-hydrogen) atoms. The van der Waals surface area contributed by atoms with Gasteiger partial charge in [0.2, 0.25) is 5.91 Å². The molecule has 4 aromatic rings. The second kappa shape index (κ2) is 16.4. The number of allylic oxidation sites excluding steroid dienone is 1. The van der Waals surface area contributed by atoms with Crippen molar-refractivity contribution in [1.29, 1.82) is 0 Å². The summed E-state index contributed by atoms with van der Waals surface area (Å²) >= 11 is 0. The SMILES string of the molecule is C=C1CCC(N2Cc3c(ccc4c3OC[C@H]3CN(CC5COC6(CCN(c7ccc([C@H]8C[C@H](C)Cc9c8ccc8[nH]ncc98)nc7)CC6)C5)CCN43)C2=O)C(=O)N1.CCC(F)(F)F. The topological polar surface area (TPSA) is 119 Å². The van der Waals surface area contributed by atoms with Crippen molar-refractivity contribution < 1.29 is 32.2 Å². The highest BCUT2D eigenvalue weighted by Crippen LogP contribution is 2.46. The zero-order chi connectivity index (χ0) is 43.6. The Labute approximate surface area is 366 Å². The highest BCUT2D eigenvalue weighted by atomic mass is 19.4. The number of nitrogens with zero attached hydrogens (tertiary/aromatic N) is 6. The third-order valence-corrected chi connectivity index (χ3v) is 14.8. The van der Waals surface area contributed by atoms with E-state index in [0.717, 1.165) is 113 Å². The summed E-state index contributed by atoms with van der Waals surface area (Å²) < 4.78 is 45.5. The number of piperazine rings is 1. The molecule has 2 aromatic heterocycles. The summed E-state index contributed by atoms with van der Waals surface area (Å²) in [5.74, 6) is 2.03. The number of rotatable bonds is 5. The summed E-state index contributed by atoms with van der Waals surface area (Å²) in [5.41, 5.74) is 9.67. The summed E-state index contributed by atoms with van der Waals surface area (Å²) in [5, 5.41) is 11.6. The number of hydrogen-bond donors (Lipinski definition) is 2. The second-order valence-corrected chi connectivity index (χ2v) is 19.0. The van der Waals surface area contributed by atoms with Crippen LogP contribution >= 0.6 is 0 Å². The smallest absolute Gasteiger partial charge is 0.388 e. The molecule has 2 amide bonds. The Hall–Kier alpha value is -5.15. The first-order chi connectivity index (χ1) is 30.3. The lowest BCUT2D eigenvalue weighted by Crippen LogP contribution is -2.58. The van der Waals surface area contributed by atoms with Crippen molar-refractivity contribution in [3.8, 4) is 5.75 Å². The van der Waals surface area contributed by atoms with Crippen LogP contribution in [0.4, 0.5) is 24.5 Å². The van der Waals surface area contributed by atoms with Crippen LogP contribution in [0.25, 0.3) is 10.9 Å². The highest BCUT2D eigenvalue weighted by molar-refractivity contribution is 6.03. The van der Waals surface area contributed by atoms with Crippen LogP contribution in [0.1, 0.15) is 97.5 Å². The van der Waals surface area contributed by atoms with Gasteiger partial charge >= 0.3 is 6.18 Å². The van der Waals surface area contributed by atoms with Gasteiger partial charge < -0.3 is 29.5 Å². The first-order valence-corrected chi connectivity index (χ1v) is 22.8. The van der Waals surface area contributed by atoms with Gasteiger partial charge in [-0.3, -0.25) is 24.6 Å². The molecule has 15 heteroatoms. The number of amides is 2. The number of nitrogens with one attached hydrogen (secondary N) is 2. The molecule has 1 aliphatic carbocycles. The molecule has 4 saturated heterocycles. The number of aromatic amines is 1. The van der Waals surface area contributed by atoms with Crippen LogP contribution in [0.2, 0.25) is 0 Å². The van der Waals surface area contributed by atoms with Gasteiger partial charge in [-0.25, -0.2) is 0 Å². The lowest BCUT2D eigenvalue weighted by Gasteiger charge is -2.46. The van der Waals surface area contributed by atoms with Gasteiger partial charge in [-0.1, -0.05) is 26.5 Å². The van der Waals surface area contributed by atoms with Crippen LogP contribution in [-0.2, 0) is 22.5 Å². The molecule has 334 valence electrons. The Morgan fingerprint density at radius 3 is 2.57 bits per heavy atom. The van der Waals surface area contributed by atoms with Crippen molar-refractivity contribution in [3.63, 3.8) is 0 Å². The van der Waals surface area contributed by atoms with Crippen LogP contribution in [0.15, 0.2) is 61.1 Å². The molecule has 7 aliphatic rings. The summed E-state index contributed by atoms with van der Waals surface area (Å²) in [4.78, 5) is 40.6. The molecule has 5 atom stereocenters. The normalized spacial score (nSPS) is 26.7. The van der Waals surface area contributed by atoms with Gasteiger partial charge in [-0.05, 0) is 98.2 Å². The lowest BCUT2D eigenvalue weighted by atomic mass is 9.75. The second-order valence-electron chi connectivity index (χ2n) is 19.0. The summed E-state index contributed by atoms with van der Waals surface area (Å²) in [6.45, 7) is 15.1. The number of halogens is 3. The number of hydrogen-bond acceptors (Lipinski definition) is 9. The molecule has 2 N–H and O–H groups in total. The van der Waals surface area contributed by atoms with Gasteiger partial charge in [0.05, 0.1) is 54.1 Å². The number of piperidine rings is 2. The van der Waals surface area contributed by atoms with Gasteiger partial charge in [-0.15, -0.1) is 0 Å². The van der Waals surface area contributed by atoms with E-state index < -0.39 is 18.6 Å². The largest absolute Gasteiger partial charge is 0.489 e. The van der Waals surface area contributed by atoms with Crippen molar-refractivity contribution >= 4 is 34.1 Å². The number of carbonyl (C=O) groups excluding carboxylic acids is 2. The lowest BCUT2D eigenvalue weighted by molar-refractivity contribution is -0.130. The van der Waals surface area contributed by atoms with E-state index in [1.54, 1.807) is 4.90 Å². The van der Waals surface area contributed by atoms with Crippen molar-refractivity contribution in [2.45, 2.75) is 102 Å². The number of fused-ring (bicyclic) bond motifs is 8. The van der Waals surface area contributed by atoms with Crippen LogP contribution in [0.3, 0.4) is 0 Å². The number of ether oxygens (including phenoxy) is 2. The van der Waals surface area contributed by atoms with Gasteiger partial charge in [0, 0.05) is 79.5 Å². The fraction of sp³-hybridized carbons (Fsp3) is 0.542. The molecule has 1 spiro atoms. The van der Waals surface area contributed by atoms with Crippen LogP contribution in [0, 0.1) is 11.8 Å². The van der Waals surface area contributed by atoms with Crippen LogP contribution in [-0.4, -0.2) is 113 Å². The summed E-state index contributed by atoms with van der Waals surface area (Å²) in [6.07, 6.45) is 6.11. The molecular weight excluding hydrogens is 810 g/mol. The molecule has 6 aliphatic heterocycles. The Balaban J connectivity index is 0.000000737. The van der Waals surface area contributed by atoms with E-state index in [9.17, 15) is 22.8 Å². The quantitative estimate of drug-likeness (QED) is 0.213. The molecule has 0 saturated carbocycles. The number of pyridine rings is 1.